The van der Waals surface area contributed by atoms with Crippen molar-refractivity contribution >= 4 is 11.7 Å². The third-order valence-electron chi connectivity index (χ3n) is 7.99. The summed E-state index contributed by atoms with van der Waals surface area (Å²) >= 11 is 0. The van der Waals surface area contributed by atoms with Gasteiger partial charge in [0, 0.05) is 23.6 Å². The fourth-order valence-electron chi connectivity index (χ4n) is 6.03. The average molecular weight is 530 g/mol. The number of furan rings is 1. The van der Waals surface area contributed by atoms with Gasteiger partial charge in [-0.25, -0.2) is 9.79 Å². The molecule has 2 unspecified atom stereocenters. The zero-order valence-corrected chi connectivity index (χ0v) is 23.3. The molecule has 39 heavy (non-hydrogen) atoms. The van der Waals surface area contributed by atoms with Gasteiger partial charge in [0.1, 0.15) is 11.4 Å². The van der Waals surface area contributed by atoms with Crippen molar-refractivity contribution in [3.05, 3.63) is 82.5 Å². The lowest BCUT2D eigenvalue weighted by molar-refractivity contribution is 0.0559. The standard InChI is InChI=1S/C33H39NO5/c1-4-5-6-7-8-9-12-22-17-18-27(38-29-20-19-28(39-29)33(35)37-3)32-30(22)31-25(15-11-16-26(31)34-32)23-13-10-14-24(21-23)36-2/h10,13-14,17-22,25H,4-9,11-12,15-16H2,1-3H3. The molecule has 0 N–H and O–H groups in total. The molecule has 0 spiro atoms. The molecule has 0 bridgehead atoms. The van der Waals surface area contributed by atoms with E-state index in [0.29, 0.717) is 11.7 Å². The van der Waals surface area contributed by atoms with Crippen LogP contribution in [0.25, 0.3) is 0 Å². The molecule has 2 aromatic rings. The van der Waals surface area contributed by atoms with Crippen LogP contribution >= 0.6 is 0 Å². The van der Waals surface area contributed by atoms with Gasteiger partial charge in [-0.3, -0.25) is 0 Å². The van der Waals surface area contributed by atoms with Gasteiger partial charge in [-0.1, -0.05) is 63.7 Å². The van der Waals surface area contributed by atoms with Crippen LogP contribution in [0.4, 0.5) is 0 Å². The van der Waals surface area contributed by atoms with Crippen molar-refractivity contribution in [1.29, 1.82) is 0 Å². The van der Waals surface area contributed by atoms with E-state index >= 15 is 0 Å². The Hall–Kier alpha value is -3.54. The van der Waals surface area contributed by atoms with E-state index < -0.39 is 5.97 Å². The number of ether oxygens (including phenoxy) is 3. The molecule has 6 nitrogen and oxygen atoms in total. The second-order valence-corrected chi connectivity index (χ2v) is 10.6. The van der Waals surface area contributed by atoms with Crippen molar-refractivity contribution in [1.82, 2.24) is 0 Å². The van der Waals surface area contributed by atoms with E-state index in [2.05, 4.69) is 31.2 Å². The Balaban J connectivity index is 1.48. The fraction of sp³-hybridized carbons (Fsp3) is 0.455. The van der Waals surface area contributed by atoms with E-state index in [9.17, 15) is 4.79 Å². The monoisotopic (exact) mass is 529 g/mol. The zero-order chi connectivity index (χ0) is 27.2. The van der Waals surface area contributed by atoms with E-state index in [1.54, 1.807) is 19.2 Å². The minimum absolute atomic E-state index is 0.113. The van der Waals surface area contributed by atoms with Gasteiger partial charge in [-0.2, -0.15) is 0 Å². The first kappa shape index (κ1) is 27.0. The molecule has 1 aromatic carbocycles. The number of esters is 1. The van der Waals surface area contributed by atoms with Crippen molar-refractivity contribution < 1.29 is 23.4 Å². The Bertz CT molecular complexity index is 1310. The summed E-state index contributed by atoms with van der Waals surface area (Å²) in [5.74, 6) is 1.94. The minimum atomic E-state index is -0.531. The third-order valence-corrected chi connectivity index (χ3v) is 7.99. The number of hydrogen-bond acceptors (Lipinski definition) is 6. The van der Waals surface area contributed by atoms with Crippen molar-refractivity contribution in [3.8, 4) is 11.7 Å². The van der Waals surface area contributed by atoms with E-state index in [1.807, 2.05) is 12.1 Å². The van der Waals surface area contributed by atoms with E-state index in [-0.39, 0.29) is 17.6 Å². The molecule has 0 amide bonds. The molecular weight excluding hydrogens is 490 g/mol. The first-order valence-corrected chi connectivity index (χ1v) is 14.4. The van der Waals surface area contributed by atoms with Crippen LogP contribution < -0.4 is 9.47 Å². The van der Waals surface area contributed by atoms with Crippen molar-refractivity contribution in [2.45, 2.75) is 77.0 Å². The second-order valence-electron chi connectivity index (χ2n) is 10.6. The molecule has 1 aliphatic heterocycles. The van der Waals surface area contributed by atoms with Crippen LogP contribution in [0.3, 0.4) is 0 Å². The Kier molecular flexibility index (Phi) is 8.70. The number of allylic oxidation sites excluding steroid dienone is 4. The number of hydrogen-bond donors (Lipinski definition) is 0. The highest BCUT2D eigenvalue weighted by Gasteiger charge is 2.39. The van der Waals surface area contributed by atoms with Crippen LogP contribution in [0.5, 0.6) is 11.7 Å². The summed E-state index contributed by atoms with van der Waals surface area (Å²) in [6.07, 6.45) is 16.2. The lowest BCUT2D eigenvalue weighted by atomic mass is 9.73. The van der Waals surface area contributed by atoms with Crippen LogP contribution in [0.2, 0.25) is 0 Å². The van der Waals surface area contributed by atoms with Crippen LogP contribution in [0.15, 0.2) is 80.6 Å². The number of unbranched alkanes of at least 4 members (excludes halogenated alkanes) is 5. The van der Waals surface area contributed by atoms with Crippen molar-refractivity contribution in [2.75, 3.05) is 14.2 Å². The molecule has 206 valence electrons. The fourth-order valence-corrected chi connectivity index (χ4v) is 6.03. The molecular formula is C33H39NO5. The number of aliphatic imine (C=N–C) groups is 1. The number of benzene rings is 1. The summed E-state index contributed by atoms with van der Waals surface area (Å²) in [6, 6.07) is 11.7. The maximum Gasteiger partial charge on any atom is 0.374 e. The molecule has 1 saturated carbocycles. The number of carbonyl (C=O) groups excluding carboxylic acids is 1. The quantitative estimate of drug-likeness (QED) is 0.204. The molecule has 0 radical (unpaired) electrons. The van der Waals surface area contributed by atoms with Gasteiger partial charge < -0.3 is 18.6 Å². The predicted molar refractivity (Wildman–Crippen MR) is 152 cm³/mol. The molecule has 1 fully saturated rings. The van der Waals surface area contributed by atoms with Crippen LogP contribution in [0, 0.1) is 5.92 Å². The normalized spacial score (nSPS) is 20.0. The number of carbonyl (C=O) groups is 1. The van der Waals surface area contributed by atoms with Gasteiger partial charge in [0.05, 0.1) is 14.2 Å². The van der Waals surface area contributed by atoms with Crippen molar-refractivity contribution in [3.63, 3.8) is 0 Å². The molecule has 5 rings (SSSR count). The maximum atomic E-state index is 11.9. The number of rotatable bonds is 12. The van der Waals surface area contributed by atoms with E-state index in [1.165, 1.54) is 68.1 Å². The lowest BCUT2D eigenvalue weighted by Crippen LogP contribution is -2.20. The number of methoxy groups -OCH3 is 2. The van der Waals surface area contributed by atoms with E-state index in [0.717, 1.165) is 37.1 Å². The molecule has 2 aliphatic carbocycles. The molecule has 1 aromatic heterocycles. The highest BCUT2D eigenvalue weighted by atomic mass is 16.6. The van der Waals surface area contributed by atoms with Gasteiger partial charge >= 0.3 is 5.97 Å². The predicted octanol–water partition coefficient (Wildman–Crippen LogP) is 8.32. The Morgan fingerprint density at radius 3 is 2.72 bits per heavy atom. The van der Waals surface area contributed by atoms with Gasteiger partial charge in [0.25, 0.3) is 5.95 Å². The summed E-state index contributed by atoms with van der Waals surface area (Å²) in [5, 5.41) is 0. The van der Waals surface area contributed by atoms with Crippen molar-refractivity contribution in [2.24, 2.45) is 10.9 Å². The summed E-state index contributed by atoms with van der Waals surface area (Å²) in [6.45, 7) is 2.26. The molecule has 6 heteroatoms. The van der Waals surface area contributed by atoms with Gasteiger partial charge in [0.2, 0.25) is 5.76 Å². The summed E-state index contributed by atoms with van der Waals surface area (Å²) in [4.78, 5) is 17.1. The number of nitrogens with zero attached hydrogens (tertiary/aromatic N) is 1. The SMILES string of the molecule is CCCCCCCCC1C=CC(Oc2ccc(C(=O)OC)o2)=C2N=C3CCCC(c4cccc(OC)c4)C3=C21. The van der Waals surface area contributed by atoms with Crippen LogP contribution in [-0.4, -0.2) is 25.9 Å². The van der Waals surface area contributed by atoms with Gasteiger partial charge in [-0.15, -0.1) is 0 Å². The first-order valence-electron chi connectivity index (χ1n) is 14.4. The molecule has 0 saturated heterocycles. The van der Waals surface area contributed by atoms with Crippen LogP contribution in [-0.2, 0) is 4.74 Å². The largest absolute Gasteiger partial charge is 0.497 e. The highest BCUT2D eigenvalue weighted by Crippen LogP contribution is 2.49. The Morgan fingerprint density at radius 2 is 1.90 bits per heavy atom. The minimum Gasteiger partial charge on any atom is -0.497 e. The second kappa shape index (κ2) is 12.5. The average Bonchev–Trinajstić information content (AvgIpc) is 3.61. The maximum absolute atomic E-state index is 11.9. The first-order chi connectivity index (χ1) is 19.1. The Labute approximate surface area is 231 Å². The lowest BCUT2D eigenvalue weighted by Gasteiger charge is -2.29. The van der Waals surface area contributed by atoms with Gasteiger partial charge in [0.15, 0.2) is 5.76 Å². The summed E-state index contributed by atoms with van der Waals surface area (Å²) in [7, 11) is 3.05. The van der Waals surface area contributed by atoms with E-state index in [4.69, 9.17) is 23.6 Å². The molecule has 3 aliphatic rings. The smallest absolute Gasteiger partial charge is 0.374 e. The topological polar surface area (TPSA) is 70.3 Å². The number of fused-ring (bicyclic) bond motifs is 2. The van der Waals surface area contributed by atoms with Crippen LogP contribution in [0.1, 0.15) is 93.2 Å². The Morgan fingerprint density at radius 1 is 1.05 bits per heavy atom. The van der Waals surface area contributed by atoms with Gasteiger partial charge in [-0.05, 0) is 66.7 Å². The zero-order valence-electron chi connectivity index (χ0n) is 23.3. The third kappa shape index (κ3) is 5.90. The highest BCUT2D eigenvalue weighted by molar-refractivity contribution is 6.07. The summed E-state index contributed by atoms with van der Waals surface area (Å²) < 4.78 is 22.2. The molecule has 2 atom stereocenters. The molecule has 2 heterocycles. The summed E-state index contributed by atoms with van der Waals surface area (Å²) in [5.41, 5.74) is 6.01.